The van der Waals surface area contributed by atoms with Gasteiger partial charge in [-0.25, -0.2) is 0 Å². The summed E-state index contributed by atoms with van der Waals surface area (Å²) in [6.07, 6.45) is 7.18. The summed E-state index contributed by atoms with van der Waals surface area (Å²) in [4.78, 5) is 2.63. The van der Waals surface area contributed by atoms with Crippen molar-refractivity contribution >= 4 is 0 Å². The fourth-order valence-corrected chi connectivity index (χ4v) is 4.96. The summed E-state index contributed by atoms with van der Waals surface area (Å²) in [5, 5.41) is 3.93. The minimum atomic E-state index is 0.327. The lowest BCUT2D eigenvalue weighted by Crippen LogP contribution is -2.69. The van der Waals surface area contributed by atoms with Gasteiger partial charge in [-0.1, -0.05) is 20.8 Å². The van der Waals surface area contributed by atoms with E-state index in [0.717, 1.165) is 18.4 Å². The number of fused-ring (bicyclic) bond motifs is 1. The Morgan fingerprint density at radius 2 is 1.95 bits per heavy atom. The number of hydrogen-bond donors (Lipinski definition) is 1. The van der Waals surface area contributed by atoms with E-state index in [1.165, 1.54) is 58.3 Å². The Morgan fingerprint density at radius 3 is 2.67 bits per heavy atom. The largest absolute Gasteiger partial charge is 0.377 e. The molecule has 2 saturated heterocycles. The highest BCUT2D eigenvalue weighted by molar-refractivity contribution is 5.10. The Hall–Kier alpha value is -0.120. The molecule has 0 unspecified atom stereocenters. The molecule has 21 heavy (non-hydrogen) atoms. The summed E-state index contributed by atoms with van der Waals surface area (Å²) < 4.78 is 6.01. The van der Waals surface area contributed by atoms with E-state index in [2.05, 4.69) is 31.0 Å². The van der Waals surface area contributed by atoms with Gasteiger partial charge in [0.15, 0.2) is 0 Å². The first-order valence-electron chi connectivity index (χ1n) is 9.20. The molecule has 2 heterocycles. The molecule has 1 aliphatic carbocycles. The molecule has 0 bridgehead atoms. The van der Waals surface area contributed by atoms with E-state index in [1.807, 2.05) is 0 Å². The van der Waals surface area contributed by atoms with Crippen LogP contribution in [0.15, 0.2) is 0 Å². The number of nitrogens with zero attached hydrogens (tertiary/aromatic N) is 1. The topological polar surface area (TPSA) is 24.5 Å². The average molecular weight is 294 g/mol. The Labute approximate surface area is 130 Å². The van der Waals surface area contributed by atoms with Gasteiger partial charge in [-0.3, -0.25) is 0 Å². The van der Waals surface area contributed by atoms with Crippen LogP contribution in [0.4, 0.5) is 0 Å². The second-order valence-corrected chi connectivity index (χ2v) is 8.09. The van der Waals surface area contributed by atoms with E-state index >= 15 is 0 Å². The van der Waals surface area contributed by atoms with Crippen LogP contribution in [0.5, 0.6) is 0 Å². The number of likely N-dealkylation sites (tertiary alicyclic amines) is 1. The molecule has 0 spiro atoms. The Bertz CT molecular complexity index is 336. The van der Waals surface area contributed by atoms with Crippen LogP contribution < -0.4 is 5.32 Å². The lowest BCUT2D eigenvalue weighted by atomic mass is 9.55. The maximum absolute atomic E-state index is 6.01. The zero-order chi connectivity index (χ0) is 14.9. The lowest BCUT2D eigenvalue weighted by molar-refractivity contribution is -0.193. The average Bonchev–Trinajstić information content (AvgIpc) is 2.49. The third-order valence-corrected chi connectivity index (χ3v) is 6.20. The van der Waals surface area contributed by atoms with Gasteiger partial charge in [0.1, 0.15) is 0 Å². The van der Waals surface area contributed by atoms with E-state index in [4.69, 9.17) is 4.74 Å². The van der Waals surface area contributed by atoms with Crippen molar-refractivity contribution in [3.8, 4) is 0 Å². The van der Waals surface area contributed by atoms with Crippen molar-refractivity contribution in [2.45, 2.75) is 65.0 Å². The molecular formula is C18H34N2O. The monoisotopic (exact) mass is 294 g/mol. The van der Waals surface area contributed by atoms with Crippen molar-refractivity contribution in [2.24, 2.45) is 17.3 Å². The van der Waals surface area contributed by atoms with Crippen LogP contribution in [0, 0.1) is 17.3 Å². The van der Waals surface area contributed by atoms with E-state index in [9.17, 15) is 0 Å². The molecule has 122 valence electrons. The van der Waals surface area contributed by atoms with Crippen LogP contribution in [-0.4, -0.2) is 49.8 Å². The van der Waals surface area contributed by atoms with Gasteiger partial charge in [-0.2, -0.15) is 0 Å². The molecule has 0 amide bonds. The fraction of sp³-hybridized carbons (Fsp3) is 1.00. The molecule has 3 heteroatoms. The summed E-state index contributed by atoms with van der Waals surface area (Å²) in [5.74, 6) is 1.66. The molecule has 3 rings (SSSR count). The molecule has 0 aromatic rings. The van der Waals surface area contributed by atoms with E-state index < -0.39 is 0 Å². The second-order valence-electron chi connectivity index (χ2n) is 8.09. The molecule has 3 aliphatic rings. The number of piperidine rings is 1. The first-order chi connectivity index (χ1) is 10.1. The standard InChI is InChI=1S/C18H34N2O/c1-4-9-20-10-7-14(8-11-20)13-19-16-15-6-5-12-21-17(15)18(16,2)3/h14-17,19H,4-13H2,1-3H3/t15-,16-,17-/m1/s1. The van der Waals surface area contributed by atoms with E-state index in [1.54, 1.807) is 0 Å². The highest BCUT2D eigenvalue weighted by Crippen LogP contribution is 2.51. The van der Waals surface area contributed by atoms with Crippen LogP contribution >= 0.6 is 0 Å². The highest BCUT2D eigenvalue weighted by atomic mass is 16.5. The molecule has 3 fully saturated rings. The summed E-state index contributed by atoms with van der Waals surface area (Å²) in [5.41, 5.74) is 0.327. The summed E-state index contributed by atoms with van der Waals surface area (Å²) in [7, 11) is 0. The van der Waals surface area contributed by atoms with Gasteiger partial charge in [0.05, 0.1) is 6.10 Å². The number of rotatable bonds is 5. The van der Waals surface area contributed by atoms with Gasteiger partial charge >= 0.3 is 0 Å². The predicted octanol–water partition coefficient (Wildman–Crippen LogP) is 2.90. The van der Waals surface area contributed by atoms with Crippen LogP contribution in [0.25, 0.3) is 0 Å². The summed E-state index contributed by atoms with van der Waals surface area (Å²) in [6.45, 7) is 13.2. The molecule has 1 saturated carbocycles. The zero-order valence-corrected chi connectivity index (χ0v) is 14.2. The maximum atomic E-state index is 6.01. The molecule has 3 atom stereocenters. The Morgan fingerprint density at radius 1 is 1.19 bits per heavy atom. The SMILES string of the molecule is CCCN1CCC(CN[C@@H]2[C@H]3CCCO[C@H]3C2(C)C)CC1. The first kappa shape index (κ1) is 15.8. The predicted molar refractivity (Wildman–Crippen MR) is 87.5 cm³/mol. The molecule has 3 nitrogen and oxygen atoms in total. The van der Waals surface area contributed by atoms with Crippen LogP contribution in [-0.2, 0) is 4.74 Å². The third kappa shape index (κ3) is 3.16. The normalized spacial score (nSPS) is 37.0. The molecular weight excluding hydrogens is 260 g/mol. The smallest absolute Gasteiger partial charge is 0.0684 e. The van der Waals surface area contributed by atoms with Crippen LogP contribution in [0.1, 0.15) is 52.9 Å². The Kier molecular flexibility index (Phi) is 4.92. The van der Waals surface area contributed by atoms with Gasteiger partial charge in [-0.05, 0) is 64.2 Å². The summed E-state index contributed by atoms with van der Waals surface area (Å²) >= 11 is 0. The number of nitrogens with one attached hydrogen (secondary N) is 1. The van der Waals surface area contributed by atoms with Gasteiger partial charge < -0.3 is 15.0 Å². The first-order valence-corrected chi connectivity index (χ1v) is 9.20. The van der Waals surface area contributed by atoms with E-state index in [0.29, 0.717) is 17.6 Å². The zero-order valence-electron chi connectivity index (χ0n) is 14.2. The van der Waals surface area contributed by atoms with Crippen molar-refractivity contribution in [2.75, 3.05) is 32.8 Å². The minimum absolute atomic E-state index is 0.327. The minimum Gasteiger partial charge on any atom is -0.377 e. The fourth-order valence-electron chi connectivity index (χ4n) is 4.96. The molecule has 2 aliphatic heterocycles. The van der Waals surface area contributed by atoms with Crippen LogP contribution in [0.2, 0.25) is 0 Å². The molecule has 0 aromatic heterocycles. The maximum Gasteiger partial charge on any atom is 0.0684 e. The lowest BCUT2D eigenvalue weighted by Gasteiger charge is -2.60. The van der Waals surface area contributed by atoms with Gasteiger partial charge in [0.2, 0.25) is 0 Å². The van der Waals surface area contributed by atoms with Gasteiger partial charge in [0.25, 0.3) is 0 Å². The van der Waals surface area contributed by atoms with Crippen molar-refractivity contribution in [1.29, 1.82) is 0 Å². The number of hydrogen-bond acceptors (Lipinski definition) is 3. The molecule has 0 radical (unpaired) electrons. The second kappa shape index (κ2) is 6.55. The molecule has 0 aromatic carbocycles. The van der Waals surface area contributed by atoms with E-state index in [-0.39, 0.29) is 0 Å². The van der Waals surface area contributed by atoms with Crippen molar-refractivity contribution in [3.63, 3.8) is 0 Å². The third-order valence-electron chi connectivity index (χ3n) is 6.20. The van der Waals surface area contributed by atoms with Gasteiger partial charge in [0, 0.05) is 24.0 Å². The highest BCUT2D eigenvalue weighted by Gasteiger charge is 2.57. The van der Waals surface area contributed by atoms with Gasteiger partial charge in [-0.15, -0.1) is 0 Å². The van der Waals surface area contributed by atoms with Crippen LogP contribution in [0.3, 0.4) is 0 Å². The van der Waals surface area contributed by atoms with Crippen molar-refractivity contribution < 1.29 is 4.74 Å². The number of ether oxygens (including phenoxy) is 1. The summed E-state index contributed by atoms with van der Waals surface area (Å²) in [6, 6.07) is 0.677. The molecule has 1 N–H and O–H groups in total. The quantitative estimate of drug-likeness (QED) is 0.844. The Balaban J connectivity index is 1.43. The van der Waals surface area contributed by atoms with Crippen molar-refractivity contribution in [3.05, 3.63) is 0 Å². The van der Waals surface area contributed by atoms with Crippen molar-refractivity contribution in [1.82, 2.24) is 10.2 Å².